The summed E-state index contributed by atoms with van der Waals surface area (Å²) in [5.41, 5.74) is 5.54. The molecule has 0 fully saturated rings. The zero-order valence-electron chi connectivity index (χ0n) is 17.0. The lowest BCUT2D eigenvalue weighted by Gasteiger charge is -2.22. The van der Waals surface area contributed by atoms with Crippen LogP contribution < -0.4 is 10.0 Å². The van der Waals surface area contributed by atoms with Crippen molar-refractivity contribution in [2.24, 2.45) is 0 Å². The van der Waals surface area contributed by atoms with Crippen LogP contribution in [0.4, 0.5) is 5.69 Å². The molecule has 0 bridgehead atoms. The first-order chi connectivity index (χ1) is 14.3. The van der Waals surface area contributed by atoms with Crippen molar-refractivity contribution < 1.29 is 13.2 Å². The molecule has 30 heavy (non-hydrogen) atoms. The highest BCUT2D eigenvalue weighted by molar-refractivity contribution is 7.89. The molecule has 0 aromatic heterocycles. The Kier molecular flexibility index (Phi) is 5.45. The Morgan fingerprint density at radius 1 is 0.867 bits per heavy atom. The molecule has 5 nitrogen and oxygen atoms in total. The molecule has 0 radical (unpaired) electrons. The lowest BCUT2D eigenvalue weighted by atomic mass is 9.96. The van der Waals surface area contributed by atoms with Crippen LogP contribution in [0, 0.1) is 13.8 Å². The number of carbonyl (C=O) groups excluding carboxylic acids is 1. The molecule has 1 amide bonds. The Balaban J connectivity index is 1.72. The maximum Gasteiger partial charge on any atom is 0.241 e. The molecule has 0 saturated carbocycles. The molecule has 1 aliphatic rings. The van der Waals surface area contributed by atoms with Crippen molar-refractivity contribution in [2.45, 2.75) is 37.6 Å². The Bertz CT molecular complexity index is 1200. The van der Waals surface area contributed by atoms with Gasteiger partial charge in [0.05, 0.1) is 10.9 Å². The van der Waals surface area contributed by atoms with Gasteiger partial charge in [0.25, 0.3) is 0 Å². The van der Waals surface area contributed by atoms with E-state index in [1.54, 1.807) is 12.1 Å². The van der Waals surface area contributed by atoms with Gasteiger partial charge in [-0.1, -0.05) is 48.5 Å². The largest absolute Gasteiger partial charge is 0.326 e. The third-order valence-corrected chi connectivity index (χ3v) is 6.97. The minimum Gasteiger partial charge on any atom is -0.326 e. The standard InChI is InChI=1S/C24H24N2O3S/c1-16-8-9-20(14-17(16)2)24(18-6-4-3-5-7-18)26-30(28,29)21-11-12-22-19(15-21)10-13-23(27)25-22/h3-9,11-12,14-15,24,26H,10,13H2,1-2H3,(H,25,27)/t24-/m0/s1. The molecule has 0 spiro atoms. The van der Waals surface area contributed by atoms with E-state index in [1.165, 1.54) is 6.07 Å². The molecule has 3 aromatic rings. The van der Waals surface area contributed by atoms with Crippen molar-refractivity contribution in [3.8, 4) is 0 Å². The molecule has 0 aliphatic carbocycles. The minimum atomic E-state index is -3.79. The number of fused-ring (bicyclic) bond motifs is 1. The van der Waals surface area contributed by atoms with Crippen molar-refractivity contribution in [2.75, 3.05) is 5.32 Å². The van der Waals surface area contributed by atoms with Gasteiger partial charge in [0.1, 0.15) is 0 Å². The zero-order valence-corrected chi connectivity index (χ0v) is 17.8. The first-order valence-corrected chi connectivity index (χ1v) is 11.4. The molecular formula is C24H24N2O3S. The molecule has 3 aromatic carbocycles. The molecule has 6 heteroatoms. The van der Waals surface area contributed by atoms with Gasteiger partial charge >= 0.3 is 0 Å². The van der Waals surface area contributed by atoms with Crippen LogP contribution in [0.5, 0.6) is 0 Å². The van der Waals surface area contributed by atoms with Crippen LogP contribution in [0.3, 0.4) is 0 Å². The molecule has 154 valence electrons. The summed E-state index contributed by atoms with van der Waals surface area (Å²) in [7, 11) is -3.79. The smallest absolute Gasteiger partial charge is 0.241 e. The number of anilines is 1. The van der Waals surface area contributed by atoms with Gasteiger partial charge in [-0.25, -0.2) is 8.42 Å². The van der Waals surface area contributed by atoms with E-state index in [9.17, 15) is 13.2 Å². The van der Waals surface area contributed by atoms with Gasteiger partial charge in [-0.3, -0.25) is 4.79 Å². The number of rotatable bonds is 5. The van der Waals surface area contributed by atoms with Crippen LogP contribution in [-0.4, -0.2) is 14.3 Å². The number of aryl methyl sites for hydroxylation is 3. The second-order valence-electron chi connectivity index (χ2n) is 7.68. The number of hydrogen-bond acceptors (Lipinski definition) is 3. The van der Waals surface area contributed by atoms with Crippen LogP contribution >= 0.6 is 0 Å². The quantitative estimate of drug-likeness (QED) is 0.648. The highest BCUT2D eigenvalue weighted by Gasteiger charge is 2.25. The van der Waals surface area contributed by atoms with Gasteiger partial charge in [0.2, 0.25) is 15.9 Å². The van der Waals surface area contributed by atoms with Crippen molar-refractivity contribution >= 4 is 21.6 Å². The molecule has 1 heterocycles. The second kappa shape index (κ2) is 8.05. The van der Waals surface area contributed by atoms with Gasteiger partial charge in [0.15, 0.2) is 0 Å². The van der Waals surface area contributed by atoms with Crippen LogP contribution in [0.1, 0.15) is 40.3 Å². The molecule has 2 N–H and O–H groups in total. The van der Waals surface area contributed by atoms with Crippen LogP contribution in [0.2, 0.25) is 0 Å². The summed E-state index contributed by atoms with van der Waals surface area (Å²) >= 11 is 0. The van der Waals surface area contributed by atoms with Gasteiger partial charge in [-0.2, -0.15) is 4.72 Å². The van der Waals surface area contributed by atoms with E-state index in [4.69, 9.17) is 0 Å². The first kappa shape index (κ1) is 20.3. The second-order valence-corrected chi connectivity index (χ2v) is 9.39. The average molecular weight is 421 g/mol. The summed E-state index contributed by atoms with van der Waals surface area (Å²) in [5, 5.41) is 2.79. The van der Waals surface area contributed by atoms with E-state index in [2.05, 4.69) is 10.0 Å². The normalized spacial score (nSPS) is 14.7. The number of sulfonamides is 1. The fraction of sp³-hybridized carbons (Fsp3) is 0.208. The van der Waals surface area contributed by atoms with Crippen molar-refractivity contribution in [3.05, 3.63) is 94.5 Å². The fourth-order valence-electron chi connectivity index (χ4n) is 3.67. The Morgan fingerprint density at radius 2 is 1.63 bits per heavy atom. The minimum absolute atomic E-state index is 0.0462. The summed E-state index contributed by atoms with van der Waals surface area (Å²) in [4.78, 5) is 11.8. The highest BCUT2D eigenvalue weighted by Crippen LogP contribution is 2.29. The van der Waals surface area contributed by atoms with Gasteiger partial charge < -0.3 is 5.32 Å². The maximum atomic E-state index is 13.3. The van der Waals surface area contributed by atoms with Crippen LogP contribution in [-0.2, 0) is 21.2 Å². The van der Waals surface area contributed by atoms with E-state index < -0.39 is 16.1 Å². The van der Waals surface area contributed by atoms with E-state index >= 15 is 0 Å². The SMILES string of the molecule is Cc1ccc([C@@H](NS(=O)(=O)c2ccc3c(c2)CCC(=O)N3)c2ccccc2)cc1C. The topological polar surface area (TPSA) is 75.3 Å². The average Bonchev–Trinajstić information content (AvgIpc) is 2.74. The Morgan fingerprint density at radius 3 is 2.37 bits per heavy atom. The molecule has 1 aliphatic heterocycles. The van der Waals surface area contributed by atoms with Gasteiger partial charge in [-0.05, 0) is 66.3 Å². The number of nitrogens with one attached hydrogen (secondary N) is 2. The molecule has 1 atom stereocenters. The lowest BCUT2D eigenvalue weighted by Crippen LogP contribution is -2.30. The number of hydrogen-bond donors (Lipinski definition) is 2. The molecule has 4 rings (SSSR count). The molecular weight excluding hydrogens is 396 g/mol. The lowest BCUT2D eigenvalue weighted by molar-refractivity contribution is -0.116. The number of amides is 1. The number of benzene rings is 3. The van der Waals surface area contributed by atoms with Crippen molar-refractivity contribution in [1.29, 1.82) is 0 Å². The third-order valence-electron chi connectivity index (χ3n) is 5.55. The van der Waals surface area contributed by atoms with Crippen molar-refractivity contribution in [1.82, 2.24) is 4.72 Å². The van der Waals surface area contributed by atoms with Crippen LogP contribution in [0.15, 0.2) is 71.6 Å². The summed E-state index contributed by atoms with van der Waals surface area (Å²) in [5.74, 6) is -0.0462. The first-order valence-electron chi connectivity index (χ1n) is 9.91. The maximum absolute atomic E-state index is 13.3. The Labute approximate surface area is 177 Å². The predicted molar refractivity (Wildman–Crippen MR) is 118 cm³/mol. The van der Waals surface area contributed by atoms with E-state index in [0.717, 1.165) is 27.8 Å². The summed E-state index contributed by atoms with van der Waals surface area (Å²) in [6.45, 7) is 4.06. The monoisotopic (exact) mass is 420 g/mol. The van der Waals surface area contributed by atoms with Crippen LogP contribution in [0.25, 0.3) is 0 Å². The fourth-order valence-corrected chi connectivity index (χ4v) is 4.93. The molecule has 0 saturated heterocycles. The summed E-state index contributed by atoms with van der Waals surface area (Å²) in [6.07, 6.45) is 0.892. The van der Waals surface area contributed by atoms with E-state index in [0.29, 0.717) is 18.5 Å². The van der Waals surface area contributed by atoms with Gasteiger partial charge in [-0.15, -0.1) is 0 Å². The third kappa shape index (κ3) is 4.15. The summed E-state index contributed by atoms with van der Waals surface area (Å²) in [6, 6.07) is 19.9. The zero-order chi connectivity index (χ0) is 21.3. The van der Waals surface area contributed by atoms with Gasteiger partial charge in [0, 0.05) is 12.1 Å². The Hall–Kier alpha value is -2.96. The number of carbonyl (C=O) groups is 1. The highest BCUT2D eigenvalue weighted by atomic mass is 32.2. The predicted octanol–water partition coefficient (Wildman–Crippen LogP) is 4.26. The van der Waals surface area contributed by atoms with E-state index in [1.807, 2.05) is 62.4 Å². The summed E-state index contributed by atoms with van der Waals surface area (Å²) < 4.78 is 29.5. The molecule has 0 unspecified atom stereocenters. The van der Waals surface area contributed by atoms with Crippen molar-refractivity contribution in [3.63, 3.8) is 0 Å². The van der Waals surface area contributed by atoms with E-state index in [-0.39, 0.29) is 10.8 Å².